The van der Waals surface area contributed by atoms with Crippen LogP contribution in [-0.2, 0) is 27.8 Å². The van der Waals surface area contributed by atoms with Crippen LogP contribution in [0.1, 0.15) is 11.1 Å². The zero-order valence-corrected chi connectivity index (χ0v) is 15.9. The summed E-state index contributed by atoms with van der Waals surface area (Å²) >= 11 is 1.42. The normalized spacial score (nSPS) is 11.4. The van der Waals surface area contributed by atoms with Crippen LogP contribution in [0.25, 0.3) is 10.1 Å². The average molecular weight is 407 g/mol. The highest BCUT2D eigenvalue weighted by molar-refractivity contribution is 7.89. The molecule has 0 radical (unpaired) electrons. The third-order valence-electron chi connectivity index (χ3n) is 3.74. The van der Waals surface area contributed by atoms with Crippen molar-refractivity contribution in [1.29, 1.82) is 0 Å². The van der Waals surface area contributed by atoms with Gasteiger partial charge in [0.2, 0.25) is 15.9 Å². The van der Waals surface area contributed by atoms with Gasteiger partial charge in [-0.3, -0.25) is 9.52 Å². The molecule has 0 spiro atoms. The third kappa shape index (κ3) is 4.89. The Kier molecular flexibility index (Phi) is 5.24. The van der Waals surface area contributed by atoms with Crippen LogP contribution < -0.4 is 9.46 Å². The molecule has 1 amide bonds. The van der Waals surface area contributed by atoms with Crippen LogP contribution in [-0.4, -0.2) is 30.8 Å². The molecule has 0 aliphatic carbocycles. The van der Waals surface area contributed by atoms with Gasteiger partial charge in [-0.2, -0.15) is 0 Å². The topological polar surface area (TPSA) is 113 Å². The molecule has 27 heavy (non-hydrogen) atoms. The van der Waals surface area contributed by atoms with E-state index in [1.807, 2.05) is 16.2 Å². The van der Waals surface area contributed by atoms with E-state index < -0.39 is 15.9 Å². The fourth-order valence-corrected chi connectivity index (χ4v) is 4.02. The number of hydrogen-bond donors (Lipinski definition) is 3. The molecule has 3 N–H and O–H groups in total. The van der Waals surface area contributed by atoms with Crippen molar-refractivity contribution >= 4 is 37.4 Å². The maximum Gasteiger partial charge on any atom is 0.237 e. The molecule has 0 saturated carbocycles. The van der Waals surface area contributed by atoms with Gasteiger partial charge in [0, 0.05) is 16.3 Å². The van der Waals surface area contributed by atoms with Gasteiger partial charge in [-0.15, -0.1) is 11.3 Å². The number of carbonyl (C=O) groups is 1. The standard InChI is InChI=1S/C18H17NO6S2/c1-27(23,24)19-18(22)6-12-10-26-17-8-14(4-5-15(12)17)25-9-11-2-3-13(20)7-16(11)21/h2-5,7-8,10,20-21H,6,9H2,1H3,(H,19,22). The molecule has 0 bridgehead atoms. The SMILES string of the molecule is CS(=O)(=O)NC(=O)Cc1csc2cc(OCc3ccc(O)cc3O)ccc12. The van der Waals surface area contributed by atoms with Crippen molar-refractivity contribution in [3.63, 3.8) is 0 Å². The molecule has 0 fully saturated rings. The first-order valence-electron chi connectivity index (χ1n) is 7.86. The summed E-state index contributed by atoms with van der Waals surface area (Å²) in [4.78, 5) is 11.8. The number of hydrogen-bond acceptors (Lipinski definition) is 7. The van der Waals surface area contributed by atoms with Crippen LogP contribution in [0.15, 0.2) is 41.8 Å². The first kappa shape index (κ1) is 19.0. The predicted octanol–water partition coefficient (Wildman–Crippen LogP) is 2.51. The molecule has 0 atom stereocenters. The summed E-state index contributed by atoms with van der Waals surface area (Å²) in [5.74, 6) is -0.0700. The van der Waals surface area contributed by atoms with E-state index in [9.17, 15) is 23.4 Å². The van der Waals surface area contributed by atoms with Gasteiger partial charge in [-0.25, -0.2) is 8.42 Å². The van der Waals surface area contributed by atoms with Gasteiger partial charge in [0.25, 0.3) is 0 Å². The Hall–Kier alpha value is -2.78. The second-order valence-corrected chi connectivity index (χ2v) is 8.65. The number of nitrogens with one attached hydrogen (secondary N) is 1. The lowest BCUT2D eigenvalue weighted by Crippen LogP contribution is -2.30. The zero-order valence-electron chi connectivity index (χ0n) is 14.3. The second kappa shape index (κ2) is 7.45. The number of phenolic OH excluding ortho intramolecular Hbond substituents is 2. The lowest BCUT2D eigenvalue weighted by molar-refractivity contribution is -0.118. The molecule has 1 aromatic heterocycles. The summed E-state index contributed by atoms with van der Waals surface area (Å²) in [5, 5.41) is 21.8. The maximum absolute atomic E-state index is 11.8. The van der Waals surface area contributed by atoms with Crippen molar-refractivity contribution < 1.29 is 28.2 Å². The fourth-order valence-electron chi connectivity index (χ4n) is 2.54. The van der Waals surface area contributed by atoms with Crippen molar-refractivity contribution in [2.75, 3.05) is 6.26 Å². The summed E-state index contributed by atoms with van der Waals surface area (Å²) in [6.07, 6.45) is 0.904. The molecule has 0 aliphatic heterocycles. The van der Waals surface area contributed by atoms with Gasteiger partial charge < -0.3 is 14.9 Å². The highest BCUT2D eigenvalue weighted by Crippen LogP contribution is 2.31. The Morgan fingerprint density at radius 2 is 1.93 bits per heavy atom. The molecular formula is C18H17NO6S2. The highest BCUT2D eigenvalue weighted by Gasteiger charge is 2.13. The Labute approximate surface area is 159 Å². The molecule has 3 rings (SSSR count). The van der Waals surface area contributed by atoms with E-state index in [2.05, 4.69) is 0 Å². The van der Waals surface area contributed by atoms with Crippen molar-refractivity contribution in [3.05, 3.63) is 52.9 Å². The minimum absolute atomic E-state index is 0.0244. The van der Waals surface area contributed by atoms with Crippen molar-refractivity contribution in [3.8, 4) is 17.2 Å². The Balaban J connectivity index is 1.72. The summed E-state index contributed by atoms with van der Waals surface area (Å²) in [7, 11) is -3.58. The number of sulfonamides is 1. The number of fused-ring (bicyclic) bond motifs is 1. The zero-order chi connectivity index (χ0) is 19.6. The fraction of sp³-hybridized carbons (Fsp3) is 0.167. The summed E-state index contributed by atoms with van der Waals surface area (Å²) in [6.45, 7) is 0.132. The monoisotopic (exact) mass is 407 g/mol. The lowest BCUT2D eigenvalue weighted by Gasteiger charge is -2.08. The van der Waals surface area contributed by atoms with Gasteiger partial charge in [0.05, 0.1) is 12.7 Å². The van der Waals surface area contributed by atoms with Gasteiger partial charge in [0.15, 0.2) is 0 Å². The second-order valence-electron chi connectivity index (χ2n) is 5.99. The Bertz CT molecular complexity index is 1100. The van der Waals surface area contributed by atoms with E-state index in [1.165, 1.54) is 23.5 Å². The Morgan fingerprint density at radius 3 is 2.63 bits per heavy atom. The number of rotatable bonds is 6. The number of aromatic hydroxyl groups is 2. The first-order valence-corrected chi connectivity index (χ1v) is 10.6. The summed E-state index contributed by atoms with van der Waals surface area (Å²) in [5.41, 5.74) is 1.27. The first-order chi connectivity index (χ1) is 12.7. The van der Waals surface area contributed by atoms with Gasteiger partial charge in [-0.1, -0.05) is 0 Å². The molecule has 0 unspecified atom stereocenters. The van der Waals surface area contributed by atoms with E-state index in [-0.39, 0.29) is 24.5 Å². The molecule has 9 heteroatoms. The number of phenols is 2. The van der Waals surface area contributed by atoms with E-state index in [0.717, 1.165) is 21.9 Å². The molecule has 1 heterocycles. The molecule has 2 aromatic carbocycles. The van der Waals surface area contributed by atoms with Crippen molar-refractivity contribution in [2.45, 2.75) is 13.0 Å². The molecule has 0 saturated heterocycles. The van der Waals surface area contributed by atoms with Crippen LogP contribution in [0.4, 0.5) is 0 Å². The van der Waals surface area contributed by atoms with E-state index in [1.54, 1.807) is 18.2 Å². The van der Waals surface area contributed by atoms with Crippen molar-refractivity contribution in [1.82, 2.24) is 4.72 Å². The van der Waals surface area contributed by atoms with Crippen LogP contribution >= 0.6 is 11.3 Å². The number of ether oxygens (including phenoxy) is 1. The maximum atomic E-state index is 11.8. The van der Waals surface area contributed by atoms with Crippen LogP contribution in [0.5, 0.6) is 17.2 Å². The molecule has 7 nitrogen and oxygen atoms in total. The number of carbonyl (C=O) groups excluding carboxylic acids is 1. The predicted molar refractivity (Wildman–Crippen MR) is 103 cm³/mol. The quantitative estimate of drug-likeness (QED) is 0.579. The molecule has 0 aliphatic rings. The van der Waals surface area contributed by atoms with Crippen LogP contribution in [0, 0.1) is 0 Å². The minimum atomic E-state index is -3.58. The summed E-state index contributed by atoms with van der Waals surface area (Å²) < 4.78 is 30.8. The summed E-state index contributed by atoms with van der Waals surface area (Å²) in [6, 6.07) is 9.65. The number of benzene rings is 2. The average Bonchev–Trinajstić information content (AvgIpc) is 2.94. The van der Waals surface area contributed by atoms with Crippen LogP contribution in [0.3, 0.4) is 0 Å². The largest absolute Gasteiger partial charge is 0.508 e. The minimum Gasteiger partial charge on any atom is -0.508 e. The third-order valence-corrected chi connectivity index (χ3v) is 5.33. The number of amides is 1. The smallest absolute Gasteiger partial charge is 0.237 e. The van der Waals surface area contributed by atoms with E-state index in [0.29, 0.717) is 11.3 Å². The molecular weight excluding hydrogens is 390 g/mol. The van der Waals surface area contributed by atoms with Gasteiger partial charge in [0.1, 0.15) is 23.9 Å². The van der Waals surface area contributed by atoms with Crippen molar-refractivity contribution in [2.24, 2.45) is 0 Å². The van der Waals surface area contributed by atoms with Gasteiger partial charge in [-0.05, 0) is 46.7 Å². The number of thiophene rings is 1. The van der Waals surface area contributed by atoms with E-state index in [4.69, 9.17) is 4.74 Å². The lowest BCUT2D eigenvalue weighted by atomic mass is 10.1. The van der Waals surface area contributed by atoms with E-state index >= 15 is 0 Å². The Morgan fingerprint density at radius 1 is 1.15 bits per heavy atom. The highest BCUT2D eigenvalue weighted by atomic mass is 32.2. The van der Waals surface area contributed by atoms with Crippen LogP contribution in [0.2, 0.25) is 0 Å². The molecule has 3 aromatic rings. The van der Waals surface area contributed by atoms with Gasteiger partial charge >= 0.3 is 0 Å². The molecule has 142 valence electrons.